The van der Waals surface area contributed by atoms with Gasteiger partial charge in [0.25, 0.3) is 0 Å². The zero-order valence-electron chi connectivity index (χ0n) is 8.15. The van der Waals surface area contributed by atoms with Gasteiger partial charge < -0.3 is 19.7 Å². The lowest BCUT2D eigenvalue weighted by atomic mass is 10.3. The van der Waals surface area contributed by atoms with Crippen molar-refractivity contribution in [3.8, 4) is 11.5 Å². The van der Waals surface area contributed by atoms with Gasteiger partial charge in [-0.3, -0.25) is 0 Å². The number of aliphatic hydroxyl groups excluding tert-OH is 2. The summed E-state index contributed by atoms with van der Waals surface area (Å²) < 4.78 is 11.3. The van der Waals surface area contributed by atoms with Crippen molar-refractivity contribution in [1.29, 1.82) is 0 Å². The molecule has 0 saturated carbocycles. The maximum Gasteiger partial charge on any atom is 0.137 e. The average Bonchev–Trinajstić information content (AvgIpc) is 2.26. The average molecular weight is 277 g/mol. The molecule has 0 heterocycles. The van der Waals surface area contributed by atoms with Crippen LogP contribution in [0.25, 0.3) is 0 Å². The molecule has 4 nitrogen and oxygen atoms in total. The Labute approximate surface area is 96.6 Å². The highest BCUT2D eigenvalue weighted by atomic mass is 79.9. The molecule has 1 aromatic carbocycles. The molecular weight excluding hydrogens is 264 g/mol. The predicted molar refractivity (Wildman–Crippen MR) is 59.3 cm³/mol. The van der Waals surface area contributed by atoms with Gasteiger partial charge in [0, 0.05) is 6.07 Å². The second-order valence-electron chi connectivity index (χ2n) is 2.74. The first kappa shape index (κ1) is 12.3. The lowest BCUT2D eigenvalue weighted by molar-refractivity contribution is 0.194. The Kier molecular flexibility index (Phi) is 5.45. The van der Waals surface area contributed by atoms with Crippen LogP contribution in [0.5, 0.6) is 11.5 Å². The standard InChI is InChI=1S/C10H13BrO4/c11-9-2-1-8(14-5-3-12)7-10(9)15-6-4-13/h1-2,7,12-13H,3-6H2. The highest BCUT2D eigenvalue weighted by Gasteiger charge is 2.03. The fourth-order valence-corrected chi connectivity index (χ4v) is 1.36. The summed E-state index contributed by atoms with van der Waals surface area (Å²) in [6.07, 6.45) is 0. The van der Waals surface area contributed by atoms with Crippen LogP contribution in [0.3, 0.4) is 0 Å². The molecule has 1 rings (SSSR count). The van der Waals surface area contributed by atoms with Gasteiger partial charge in [0.15, 0.2) is 0 Å². The van der Waals surface area contributed by atoms with Gasteiger partial charge >= 0.3 is 0 Å². The Balaban J connectivity index is 2.66. The molecule has 0 saturated heterocycles. The highest BCUT2D eigenvalue weighted by molar-refractivity contribution is 9.10. The monoisotopic (exact) mass is 276 g/mol. The van der Waals surface area contributed by atoms with E-state index in [1.54, 1.807) is 18.2 Å². The van der Waals surface area contributed by atoms with E-state index in [0.29, 0.717) is 11.5 Å². The highest BCUT2D eigenvalue weighted by Crippen LogP contribution is 2.29. The fourth-order valence-electron chi connectivity index (χ4n) is 1.00. The Hall–Kier alpha value is -0.780. The fraction of sp³-hybridized carbons (Fsp3) is 0.400. The minimum absolute atomic E-state index is 0.0249. The van der Waals surface area contributed by atoms with Gasteiger partial charge in [-0.1, -0.05) is 0 Å². The normalized spacial score (nSPS) is 10.1. The lowest BCUT2D eigenvalue weighted by Gasteiger charge is -2.09. The molecule has 0 fully saturated rings. The van der Waals surface area contributed by atoms with Crippen molar-refractivity contribution in [2.75, 3.05) is 26.4 Å². The summed E-state index contributed by atoms with van der Waals surface area (Å²) in [6, 6.07) is 5.26. The quantitative estimate of drug-likeness (QED) is 0.820. The largest absolute Gasteiger partial charge is 0.491 e. The molecule has 5 heteroatoms. The minimum Gasteiger partial charge on any atom is -0.491 e. The Morgan fingerprint density at radius 3 is 2.40 bits per heavy atom. The number of benzene rings is 1. The Bertz CT molecular complexity index is 303. The van der Waals surface area contributed by atoms with Gasteiger partial charge in [-0.25, -0.2) is 0 Å². The molecule has 0 radical (unpaired) electrons. The first-order valence-electron chi connectivity index (χ1n) is 4.55. The molecule has 0 bridgehead atoms. The molecule has 84 valence electrons. The van der Waals surface area contributed by atoms with Gasteiger partial charge in [0.2, 0.25) is 0 Å². The van der Waals surface area contributed by atoms with Crippen molar-refractivity contribution < 1.29 is 19.7 Å². The summed E-state index contributed by atoms with van der Waals surface area (Å²) in [5.41, 5.74) is 0. The van der Waals surface area contributed by atoms with Crippen LogP contribution in [0.2, 0.25) is 0 Å². The van der Waals surface area contributed by atoms with E-state index in [2.05, 4.69) is 15.9 Å². The van der Waals surface area contributed by atoms with Crippen LogP contribution >= 0.6 is 15.9 Å². The van der Waals surface area contributed by atoms with E-state index >= 15 is 0 Å². The van der Waals surface area contributed by atoms with E-state index in [0.717, 1.165) is 4.47 Å². The number of hydrogen-bond acceptors (Lipinski definition) is 4. The van der Waals surface area contributed by atoms with Crippen molar-refractivity contribution >= 4 is 15.9 Å². The van der Waals surface area contributed by atoms with Gasteiger partial charge in [-0.05, 0) is 28.1 Å². The zero-order chi connectivity index (χ0) is 11.1. The van der Waals surface area contributed by atoms with Crippen LogP contribution in [0.1, 0.15) is 0 Å². The van der Waals surface area contributed by atoms with Gasteiger partial charge in [0.1, 0.15) is 24.7 Å². The minimum atomic E-state index is -0.0336. The summed E-state index contributed by atoms with van der Waals surface area (Å²) in [7, 11) is 0. The molecule has 0 unspecified atom stereocenters. The van der Waals surface area contributed by atoms with Crippen LogP contribution in [0.15, 0.2) is 22.7 Å². The summed E-state index contributed by atoms with van der Waals surface area (Å²) in [5.74, 6) is 1.24. The molecular formula is C10H13BrO4. The molecule has 0 spiro atoms. The van der Waals surface area contributed by atoms with Crippen LogP contribution in [-0.2, 0) is 0 Å². The second-order valence-corrected chi connectivity index (χ2v) is 3.59. The molecule has 0 amide bonds. The number of ether oxygens (including phenoxy) is 2. The molecule has 0 aliphatic heterocycles. The smallest absolute Gasteiger partial charge is 0.137 e. The van der Waals surface area contributed by atoms with Crippen molar-refractivity contribution in [2.24, 2.45) is 0 Å². The number of hydrogen-bond donors (Lipinski definition) is 2. The summed E-state index contributed by atoms with van der Waals surface area (Å²) in [6.45, 7) is 0.431. The lowest BCUT2D eigenvalue weighted by Crippen LogP contribution is -2.04. The number of rotatable bonds is 6. The molecule has 0 atom stereocenters. The van der Waals surface area contributed by atoms with E-state index in [9.17, 15) is 0 Å². The maximum absolute atomic E-state index is 8.62. The van der Waals surface area contributed by atoms with Crippen molar-refractivity contribution in [3.05, 3.63) is 22.7 Å². The van der Waals surface area contributed by atoms with Crippen LogP contribution < -0.4 is 9.47 Å². The Morgan fingerprint density at radius 2 is 1.73 bits per heavy atom. The van der Waals surface area contributed by atoms with E-state index in [1.807, 2.05) is 0 Å². The number of halogens is 1. The molecule has 0 aliphatic carbocycles. The topological polar surface area (TPSA) is 58.9 Å². The third-order valence-electron chi connectivity index (χ3n) is 1.61. The van der Waals surface area contributed by atoms with Gasteiger partial charge in [-0.2, -0.15) is 0 Å². The summed E-state index contributed by atoms with van der Waals surface area (Å²) >= 11 is 3.32. The van der Waals surface area contributed by atoms with E-state index in [4.69, 9.17) is 19.7 Å². The zero-order valence-corrected chi connectivity index (χ0v) is 9.74. The van der Waals surface area contributed by atoms with Crippen LogP contribution in [-0.4, -0.2) is 36.6 Å². The van der Waals surface area contributed by atoms with Crippen molar-refractivity contribution in [3.63, 3.8) is 0 Å². The van der Waals surface area contributed by atoms with Crippen LogP contribution in [0.4, 0.5) is 0 Å². The molecule has 15 heavy (non-hydrogen) atoms. The number of aliphatic hydroxyl groups is 2. The third kappa shape index (κ3) is 4.07. The van der Waals surface area contributed by atoms with E-state index in [1.165, 1.54) is 0 Å². The van der Waals surface area contributed by atoms with E-state index in [-0.39, 0.29) is 26.4 Å². The second kappa shape index (κ2) is 6.66. The first-order chi connectivity index (χ1) is 7.27. The van der Waals surface area contributed by atoms with Crippen LogP contribution in [0, 0.1) is 0 Å². The molecule has 0 aromatic heterocycles. The van der Waals surface area contributed by atoms with E-state index < -0.39 is 0 Å². The van der Waals surface area contributed by atoms with Crippen molar-refractivity contribution in [1.82, 2.24) is 0 Å². The van der Waals surface area contributed by atoms with Gasteiger partial charge in [0.05, 0.1) is 17.7 Å². The molecule has 0 aliphatic rings. The Morgan fingerprint density at radius 1 is 1.07 bits per heavy atom. The van der Waals surface area contributed by atoms with Crippen molar-refractivity contribution in [2.45, 2.75) is 0 Å². The van der Waals surface area contributed by atoms with Gasteiger partial charge in [-0.15, -0.1) is 0 Å². The maximum atomic E-state index is 8.62. The third-order valence-corrected chi connectivity index (χ3v) is 2.27. The molecule has 2 N–H and O–H groups in total. The summed E-state index contributed by atoms with van der Waals surface area (Å²) in [5, 5.41) is 17.2. The first-order valence-corrected chi connectivity index (χ1v) is 5.34. The summed E-state index contributed by atoms with van der Waals surface area (Å²) in [4.78, 5) is 0. The predicted octanol–water partition coefficient (Wildman–Crippen LogP) is 1.19. The molecule has 1 aromatic rings. The SMILES string of the molecule is OCCOc1ccc(Br)c(OCCO)c1.